The zero-order chi connectivity index (χ0) is 22.9. The van der Waals surface area contributed by atoms with Crippen LogP contribution in [0.3, 0.4) is 0 Å². The minimum Gasteiger partial charge on any atom is -0.480 e. The molecule has 2 saturated heterocycles. The standard InChI is InChI=1S/C18H31NO12/c20-4-10-11(22)12(23)13(24)17(30-10)31-14-9(21)5-29-18(28,15(14)25)6-19-8(16(26)27)3-7-1-2-7/h7-15,17,19-25,28H,1-6H2,(H,26,27)/t8-,9-,10-,11+,12+,13-,14-,15+,17+,18-/m1/s1. The maximum Gasteiger partial charge on any atom is 0.320 e. The molecular weight excluding hydrogens is 422 g/mol. The average molecular weight is 453 g/mol. The summed E-state index contributed by atoms with van der Waals surface area (Å²) in [6, 6.07) is -0.969. The Kier molecular flexibility index (Phi) is 7.87. The van der Waals surface area contributed by atoms with E-state index in [-0.39, 0.29) is 5.92 Å². The Bertz CT molecular complexity index is 618. The molecule has 13 nitrogen and oxygen atoms in total. The third-order valence-corrected chi connectivity index (χ3v) is 5.96. The smallest absolute Gasteiger partial charge is 0.320 e. The lowest BCUT2D eigenvalue weighted by atomic mass is 9.95. The maximum atomic E-state index is 11.4. The molecule has 0 bridgehead atoms. The molecule has 13 heteroatoms. The Balaban J connectivity index is 1.65. The summed E-state index contributed by atoms with van der Waals surface area (Å²) in [5.41, 5.74) is 0. The van der Waals surface area contributed by atoms with Crippen LogP contribution in [0.4, 0.5) is 0 Å². The van der Waals surface area contributed by atoms with Crippen molar-refractivity contribution in [1.29, 1.82) is 0 Å². The first-order valence-corrected chi connectivity index (χ1v) is 10.2. The molecule has 0 aromatic carbocycles. The van der Waals surface area contributed by atoms with Crippen molar-refractivity contribution in [2.45, 2.75) is 80.1 Å². The first-order valence-electron chi connectivity index (χ1n) is 10.2. The molecule has 1 saturated carbocycles. The Morgan fingerprint density at radius 1 is 1.13 bits per heavy atom. The van der Waals surface area contributed by atoms with Gasteiger partial charge in [-0.05, 0) is 12.3 Å². The van der Waals surface area contributed by atoms with E-state index >= 15 is 0 Å². The van der Waals surface area contributed by atoms with E-state index in [1.54, 1.807) is 0 Å². The molecule has 0 spiro atoms. The van der Waals surface area contributed by atoms with Crippen LogP contribution in [0.5, 0.6) is 0 Å². The minimum atomic E-state index is -2.32. The van der Waals surface area contributed by atoms with Gasteiger partial charge in [-0.15, -0.1) is 0 Å². The van der Waals surface area contributed by atoms with Crippen molar-refractivity contribution in [3.63, 3.8) is 0 Å². The van der Waals surface area contributed by atoms with E-state index in [0.29, 0.717) is 6.42 Å². The molecular formula is C18H31NO12. The lowest BCUT2D eigenvalue weighted by molar-refractivity contribution is -0.367. The number of carboxylic acids is 1. The molecule has 31 heavy (non-hydrogen) atoms. The summed E-state index contributed by atoms with van der Waals surface area (Å²) >= 11 is 0. The summed E-state index contributed by atoms with van der Waals surface area (Å²) < 4.78 is 15.8. The van der Waals surface area contributed by atoms with Gasteiger partial charge in [-0.25, -0.2) is 0 Å². The van der Waals surface area contributed by atoms with E-state index in [9.17, 15) is 45.6 Å². The van der Waals surface area contributed by atoms with Gasteiger partial charge in [0.25, 0.3) is 0 Å². The van der Waals surface area contributed by atoms with Gasteiger partial charge in [0.2, 0.25) is 5.79 Å². The monoisotopic (exact) mass is 453 g/mol. The highest BCUT2D eigenvalue weighted by atomic mass is 16.7. The number of rotatable bonds is 9. The number of hydrogen-bond acceptors (Lipinski definition) is 12. The molecule has 3 fully saturated rings. The first kappa shape index (κ1) is 24.7. The second kappa shape index (κ2) is 9.89. The lowest BCUT2D eigenvalue weighted by Crippen LogP contribution is -2.68. The van der Waals surface area contributed by atoms with E-state index in [1.165, 1.54) is 0 Å². The predicted molar refractivity (Wildman–Crippen MR) is 98.3 cm³/mol. The highest BCUT2D eigenvalue weighted by Gasteiger charge is 2.53. The Hall–Kier alpha value is -0.970. The van der Waals surface area contributed by atoms with Gasteiger partial charge in [0.1, 0.15) is 48.8 Å². The van der Waals surface area contributed by atoms with Crippen molar-refractivity contribution in [2.75, 3.05) is 19.8 Å². The fourth-order valence-electron chi connectivity index (χ4n) is 3.76. The van der Waals surface area contributed by atoms with Crippen molar-refractivity contribution in [3.05, 3.63) is 0 Å². The van der Waals surface area contributed by atoms with Crippen LogP contribution in [0.25, 0.3) is 0 Å². The highest BCUT2D eigenvalue weighted by Crippen LogP contribution is 2.34. The number of carbonyl (C=O) groups is 1. The van der Waals surface area contributed by atoms with Gasteiger partial charge in [0.05, 0.1) is 19.8 Å². The molecule has 180 valence electrons. The van der Waals surface area contributed by atoms with Crippen molar-refractivity contribution in [3.8, 4) is 0 Å². The van der Waals surface area contributed by atoms with Gasteiger partial charge >= 0.3 is 5.97 Å². The number of aliphatic hydroxyl groups excluding tert-OH is 6. The molecule has 2 heterocycles. The fraction of sp³-hybridized carbons (Fsp3) is 0.944. The van der Waals surface area contributed by atoms with Gasteiger partial charge in [-0.1, -0.05) is 12.8 Å². The minimum absolute atomic E-state index is 0.282. The van der Waals surface area contributed by atoms with E-state index in [1.807, 2.05) is 0 Å². The normalized spacial score (nSPS) is 44.7. The van der Waals surface area contributed by atoms with Gasteiger partial charge in [0.15, 0.2) is 6.29 Å². The third-order valence-electron chi connectivity index (χ3n) is 5.96. The summed E-state index contributed by atoms with van der Waals surface area (Å²) in [5.74, 6) is -3.16. The van der Waals surface area contributed by atoms with Crippen LogP contribution in [0.2, 0.25) is 0 Å². The number of carboxylic acid groups (broad SMARTS) is 1. The second-order valence-electron chi connectivity index (χ2n) is 8.42. The average Bonchev–Trinajstić information content (AvgIpc) is 3.55. The van der Waals surface area contributed by atoms with Gasteiger partial charge < -0.3 is 55.1 Å². The molecule has 0 aromatic heterocycles. The molecule has 0 amide bonds. The van der Waals surface area contributed by atoms with E-state index < -0.39 is 86.6 Å². The fourth-order valence-corrected chi connectivity index (χ4v) is 3.76. The molecule has 0 aromatic rings. The van der Waals surface area contributed by atoms with Gasteiger partial charge in [0, 0.05) is 0 Å². The summed E-state index contributed by atoms with van der Waals surface area (Å²) in [6.07, 6.45) is -10.8. The van der Waals surface area contributed by atoms with Crippen LogP contribution in [-0.2, 0) is 19.0 Å². The topological polar surface area (TPSA) is 219 Å². The first-order chi connectivity index (χ1) is 14.6. The van der Waals surface area contributed by atoms with Crippen molar-refractivity contribution in [1.82, 2.24) is 5.32 Å². The Morgan fingerprint density at radius 3 is 2.39 bits per heavy atom. The molecule has 3 aliphatic rings. The SMILES string of the molecule is O=C(O)[C@@H](CC1CC1)NC[C@@]1(O)OC[C@@H](O)[C@@H](O[C@@H]2O[C@H](CO)[C@H](O)[C@H](O)[C@H]2O)[C@@H]1O. The predicted octanol–water partition coefficient (Wildman–Crippen LogP) is -4.54. The Morgan fingerprint density at radius 2 is 1.81 bits per heavy atom. The number of hydrogen-bond donors (Lipinski definition) is 9. The lowest BCUT2D eigenvalue weighted by Gasteiger charge is -2.47. The molecule has 0 unspecified atom stereocenters. The van der Waals surface area contributed by atoms with Crippen LogP contribution in [0.1, 0.15) is 19.3 Å². The number of aliphatic hydroxyl groups is 7. The summed E-state index contributed by atoms with van der Waals surface area (Å²) in [4.78, 5) is 11.4. The number of nitrogens with one attached hydrogen (secondary N) is 1. The third kappa shape index (κ3) is 5.51. The summed E-state index contributed by atoms with van der Waals surface area (Å²) in [7, 11) is 0. The molecule has 9 N–H and O–H groups in total. The number of aliphatic carboxylic acids is 1. The Labute approximate surface area is 177 Å². The van der Waals surface area contributed by atoms with E-state index in [0.717, 1.165) is 12.8 Å². The summed E-state index contributed by atoms with van der Waals surface area (Å²) in [6.45, 7) is -1.67. The van der Waals surface area contributed by atoms with Crippen LogP contribution in [0.15, 0.2) is 0 Å². The van der Waals surface area contributed by atoms with Crippen molar-refractivity contribution >= 4 is 5.97 Å². The summed E-state index contributed by atoms with van der Waals surface area (Å²) in [5, 5.41) is 82.6. The van der Waals surface area contributed by atoms with Crippen LogP contribution in [-0.4, -0.2) is 127 Å². The van der Waals surface area contributed by atoms with Gasteiger partial charge in [-0.2, -0.15) is 0 Å². The molecule has 1 aliphatic carbocycles. The zero-order valence-electron chi connectivity index (χ0n) is 16.7. The quantitative estimate of drug-likeness (QED) is 0.161. The zero-order valence-corrected chi connectivity index (χ0v) is 16.7. The van der Waals surface area contributed by atoms with E-state index in [4.69, 9.17) is 14.2 Å². The molecule has 3 rings (SSSR count). The second-order valence-corrected chi connectivity index (χ2v) is 8.42. The largest absolute Gasteiger partial charge is 0.480 e. The molecule has 2 aliphatic heterocycles. The maximum absolute atomic E-state index is 11.4. The molecule has 10 atom stereocenters. The molecule has 0 radical (unpaired) electrons. The van der Waals surface area contributed by atoms with Crippen molar-refractivity contribution in [2.24, 2.45) is 5.92 Å². The van der Waals surface area contributed by atoms with Crippen LogP contribution < -0.4 is 5.32 Å². The van der Waals surface area contributed by atoms with Crippen molar-refractivity contribution < 1.29 is 59.9 Å². The number of ether oxygens (including phenoxy) is 3. The highest BCUT2D eigenvalue weighted by molar-refractivity contribution is 5.73. The van der Waals surface area contributed by atoms with Gasteiger partial charge in [-0.3, -0.25) is 10.1 Å². The van der Waals surface area contributed by atoms with Crippen LogP contribution >= 0.6 is 0 Å². The van der Waals surface area contributed by atoms with E-state index in [2.05, 4.69) is 5.32 Å². The van der Waals surface area contributed by atoms with Crippen LogP contribution in [0, 0.1) is 5.92 Å².